The fourth-order valence-corrected chi connectivity index (χ4v) is 14.8. The first-order valence-corrected chi connectivity index (χ1v) is 27.6. The zero-order valence-corrected chi connectivity index (χ0v) is 42.3. The molecule has 76 heavy (non-hydrogen) atoms. The highest BCUT2D eigenvalue weighted by Crippen LogP contribution is 2.50. The molecule has 0 radical (unpaired) electrons. The summed E-state index contributed by atoms with van der Waals surface area (Å²) in [7, 11) is 0. The van der Waals surface area contributed by atoms with Gasteiger partial charge in [-0.2, -0.15) is 0 Å². The molecule has 2 aliphatic carbocycles. The van der Waals surface area contributed by atoms with Crippen molar-refractivity contribution in [1.82, 2.24) is 0 Å². The Morgan fingerprint density at radius 2 is 0.579 bits per heavy atom. The van der Waals surface area contributed by atoms with Crippen LogP contribution in [-0.2, 0) is 38.5 Å². The smallest absolute Gasteiger partial charge is 0.0493 e. The molecule has 4 aliphatic rings. The second-order valence-corrected chi connectivity index (χ2v) is 21.9. The molecule has 13 aromatic carbocycles. The third kappa shape index (κ3) is 6.10. The van der Waals surface area contributed by atoms with E-state index < -0.39 is 0 Å². The van der Waals surface area contributed by atoms with Crippen molar-refractivity contribution in [2.75, 3.05) is 9.80 Å². The van der Waals surface area contributed by atoms with Gasteiger partial charge in [-0.1, -0.05) is 170 Å². The third-order valence-electron chi connectivity index (χ3n) is 18.1. The van der Waals surface area contributed by atoms with Crippen LogP contribution >= 0.6 is 0 Å². The number of nitrogens with zero attached hydrogens (tertiary/aromatic N) is 2. The van der Waals surface area contributed by atoms with Crippen molar-refractivity contribution in [1.29, 1.82) is 0 Å². The van der Waals surface area contributed by atoms with Crippen LogP contribution < -0.4 is 20.2 Å². The van der Waals surface area contributed by atoms with E-state index in [1.54, 1.807) is 0 Å². The maximum absolute atomic E-state index is 2.60. The zero-order valence-electron chi connectivity index (χ0n) is 42.3. The second-order valence-electron chi connectivity index (χ2n) is 21.9. The van der Waals surface area contributed by atoms with E-state index in [0.29, 0.717) is 0 Å². The highest BCUT2D eigenvalue weighted by atomic mass is 15.2. The van der Waals surface area contributed by atoms with Gasteiger partial charge in [0.15, 0.2) is 0 Å². The summed E-state index contributed by atoms with van der Waals surface area (Å²) < 4.78 is 0. The van der Waals surface area contributed by atoms with Gasteiger partial charge in [0.2, 0.25) is 0 Å². The molecule has 17 rings (SSSR count). The number of rotatable bonds is 4. The molecule has 2 heteroatoms. The van der Waals surface area contributed by atoms with Crippen LogP contribution in [0, 0.1) is 0 Å². The predicted octanol–water partition coefficient (Wildman–Crippen LogP) is 17.5. The minimum absolute atomic E-state index is 0.955. The maximum atomic E-state index is 2.60. The highest BCUT2D eigenvalue weighted by molar-refractivity contribution is 6.21. The molecule has 0 atom stereocenters. The Morgan fingerprint density at radius 3 is 0.961 bits per heavy atom. The minimum atomic E-state index is 0.955. The normalized spacial score (nSPS) is 14.8. The molecule has 2 aliphatic heterocycles. The van der Waals surface area contributed by atoms with Crippen molar-refractivity contribution < 1.29 is 0 Å². The SMILES string of the molecule is c1ccc2c(c1)CCc1ccccc1N2c1ccc2c(C3=c4ccc5cccc6ccc(c4c65)CC3)c3cc(N4c5ccccc5CCc5ccccc54)ccc3c(C3=c4ccc5cccc6ccc(c4c65)CC3)c2c1. The quantitative estimate of drug-likeness (QED) is 0.162. The van der Waals surface area contributed by atoms with Crippen LogP contribution in [0.4, 0.5) is 34.1 Å². The van der Waals surface area contributed by atoms with Gasteiger partial charge in [-0.3, -0.25) is 0 Å². The van der Waals surface area contributed by atoms with Crippen LogP contribution in [0.5, 0.6) is 0 Å². The van der Waals surface area contributed by atoms with Crippen LogP contribution in [0.2, 0.25) is 0 Å². The largest absolute Gasteiger partial charge is 0.310 e. The molecular formula is C74H52N2. The van der Waals surface area contributed by atoms with Gasteiger partial charge in [-0.15, -0.1) is 0 Å². The van der Waals surface area contributed by atoms with Gasteiger partial charge in [0.05, 0.1) is 0 Å². The average molecular weight is 969 g/mol. The topological polar surface area (TPSA) is 6.48 Å². The molecule has 13 aromatic rings. The molecule has 0 unspecified atom stereocenters. The Kier molecular flexibility index (Phi) is 9.07. The number of benzene rings is 13. The molecule has 358 valence electrons. The van der Waals surface area contributed by atoms with E-state index in [4.69, 9.17) is 0 Å². The molecule has 0 fully saturated rings. The molecule has 0 saturated carbocycles. The number of para-hydroxylation sites is 4. The standard InChI is InChI=1S/C74H52N2/c1-5-19-65-45(11-1)23-24-46-12-2-6-20-66(46)75(65)55-35-41-61-63(43-55)73(59-39-33-53-29-27-49-15-9-17-51-31-37-57(59)71(53)69(49)51)62-42-36-56(76-67-21-7-3-13-47(67)25-26-48-14-4-8-22-68(48)76)44-64(62)74(61)60-40-34-54-30-28-50-16-10-18-52-32-38-58(60)72(54)70(50)52/h1-22,27-32,35-38,41-44H,23-26,33-34,39-40H2. The van der Waals surface area contributed by atoms with Gasteiger partial charge in [0, 0.05) is 34.1 Å². The summed E-state index contributed by atoms with van der Waals surface area (Å²) in [5, 5.41) is 18.9. The van der Waals surface area contributed by atoms with Crippen LogP contribution in [-0.4, -0.2) is 0 Å². The van der Waals surface area contributed by atoms with E-state index in [0.717, 1.165) is 51.4 Å². The second kappa shape index (κ2) is 16.3. The van der Waals surface area contributed by atoms with E-state index in [2.05, 4.69) is 228 Å². The number of anilines is 6. The Bertz CT molecular complexity index is 4360. The van der Waals surface area contributed by atoms with E-state index in [9.17, 15) is 0 Å². The number of hydrogen-bond acceptors (Lipinski definition) is 2. The summed E-state index contributed by atoms with van der Waals surface area (Å²) in [6.07, 6.45) is 7.92. The summed E-state index contributed by atoms with van der Waals surface area (Å²) >= 11 is 0. The van der Waals surface area contributed by atoms with Gasteiger partial charge >= 0.3 is 0 Å². The molecular weight excluding hydrogens is 917 g/mol. The van der Waals surface area contributed by atoms with Gasteiger partial charge in [-0.25, -0.2) is 0 Å². The third-order valence-corrected chi connectivity index (χ3v) is 18.1. The van der Waals surface area contributed by atoms with Crippen molar-refractivity contribution in [3.63, 3.8) is 0 Å². The predicted molar refractivity (Wildman–Crippen MR) is 321 cm³/mol. The van der Waals surface area contributed by atoms with Crippen LogP contribution in [0.15, 0.2) is 218 Å². The molecule has 0 aromatic heterocycles. The Balaban J connectivity index is 1.06. The minimum Gasteiger partial charge on any atom is -0.310 e. The number of hydrogen-bond donors (Lipinski definition) is 0. The lowest BCUT2D eigenvalue weighted by Gasteiger charge is -2.30. The lowest BCUT2D eigenvalue weighted by molar-refractivity contribution is 0.977. The lowest BCUT2D eigenvalue weighted by Crippen LogP contribution is -2.19. The molecule has 0 N–H and O–H groups in total. The fourth-order valence-electron chi connectivity index (χ4n) is 14.8. The van der Waals surface area contributed by atoms with Crippen LogP contribution in [0.1, 0.15) is 57.3 Å². The summed E-state index contributed by atoms with van der Waals surface area (Å²) in [6, 6.07) is 84.5. The van der Waals surface area contributed by atoms with Crippen LogP contribution in [0.25, 0.3) is 75.8 Å². The molecule has 2 heterocycles. The first kappa shape index (κ1) is 42.4. The summed E-state index contributed by atoms with van der Waals surface area (Å²) in [6.45, 7) is 0. The van der Waals surface area contributed by atoms with E-state index in [1.807, 2.05) is 0 Å². The summed E-state index contributed by atoms with van der Waals surface area (Å²) in [5.41, 5.74) is 21.5. The fraction of sp³-hybridized carbons (Fsp3) is 0.108. The molecule has 0 bridgehead atoms. The summed E-state index contributed by atoms with van der Waals surface area (Å²) in [5.74, 6) is 0. The Labute approximate surface area is 442 Å². The summed E-state index contributed by atoms with van der Waals surface area (Å²) in [4.78, 5) is 5.15. The lowest BCUT2D eigenvalue weighted by atomic mass is 9.78. The Hall–Kier alpha value is -8.98. The number of fused-ring (bicyclic) bond motifs is 6. The molecule has 0 saturated heterocycles. The highest BCUT2D eigenvalue weighted by Gasteiger charge is 2.30. The van der Waals surface area contributed by atoms with Crippen molar-refractivity contribution in [3.8, 4) is 0 Å². The van der Waals surface area contributed by atoms with Gasteiger partial charge in [0.1, 0.15) is 0 Å². The molecule has 0 amide bonds. The maximum Gasteiger partial charge on any atom is 0.0493 e. The first-order valence-electron chi connectivity index (χ1n) is 27.6. The first-order chi connectivity index (χ1) is 37.7. The Morgan fingerprint density at radius 1 is 0.237 bits per heavy atom. The monoisotopic (exact) mass is 968 g/mol. The van der Waals surface area contributed by atoms with Gasteiger partial charge in [0.25, 0.3) is 0 Å². The van der Waals surface area contributed by atoms with E-state index in [1.165, 1.54) is 165 Å². The van der Waals surface area contributed by atoms with Crippen molar-refractivity contribution in [2.24, 2.45) is 0 Å². The van der Waals surface area contributed by atoms with Gasteiger partial charge in [-0.05, 0) is 231 Å². The van der Waals surface area contributed by atoms with Crippen molar-refractivity contribution in [2.45, 2.75) is 51.4 Å². The van der Waals surface area contributed by atoms with Crippen molar-refractivity contribution >= 4 is 110 Å². The number of aryl methyl sites for hydroxylation is 6. The van der Waals surface area contributed by atoms with Crippen LogP contribution in [0.3, 0.4) is 0 Å². The van der Waals surface area contributed by atoms with E-state index in [-0.39, 0.29) is 0 Å². The molecule has 0 spiro atoms. The zero-order chi connectivity index (χ0) is 49.6. The van der Waals surface area contributed by atoms with E-state index >= 15 is 0 Å². The average Bonchev–Trinajstić information content (AvgIpc) is 3.77. The van der Waals surface area contributed by atoms with Gasteiger partial charge < -0.3 is 9.80 Å². The van der Waals surface area contributed by atoms with Crippen molar-refractivity contribution in [3.05, 3.63) is 273 Å². The molecule has 2 nitrogen and oxygen atoms in total.